The number of hydrogen-bond donors (Lipinski definition) is 2. The summed E-state index contributed by atoms with van der Waals surface area (Å²) in [5, 5.41) is 24.8. The fourth-order valence-electron chi connectivity index (χ4n) is 4.32. The molecule has 8 nitrogen and oxygen atoms in total. The van der Waals surface area contributed by atoms with Gasteiger partial charge in [0.15, 0.2) is 0 Å². The van der Waals surface area contributed by atoms with Gasteiger partial charge in [0, 0.05) is 18.7 Å². The van der Waals surface area contributed by atoms with Crippen LogP contribution in [-0.2, 0) is 21.8 Å². The average molecular weight is 533 g/mol. The van der Waals surface area contributed by atoms with Crippen LogP contribution >= 0.6 is 11.3 Å². The number of aromatic nitrogens is 3. The van der Waals surface area contributed by atoms with Gasteiger partial charge in [0.1, 0.15) is 10.6 Å². The lowest BCUT2D eigenvalue weighted by Gasteiger charge is -2.33. The molecule has 3 aromatic rings. The van der Waals surface area contributed by atoms with E-state index in [1.54, 1.807) is 20.8 Å². The fourth-order valence-corrected chi connectivity index (χ4v) is 6.92. The average Bonchev–Trinajstić information content (AvgIpc) is 3.29. The molecule has 2 N–H and O–H groups in total. The third kappa shape index (κ3) is 4.84. The SMILES string of the molecule is Cc1nc2sc(C(C)(C)O)nn2c1-c1ccc(C(F)(F)F)c(S(=O)(=O)N(C)C2CCC(O)CC2)c1. The summed E-state index contributed by atoms with van der Waals surface area (Å²) in [6.45, 7) is 4.77. The summed E-state index contributed by atoms with van der Waals surface area (Å²) in [4.78, 5) is 3.99. The highest BCUT2D eigenvalue weighted by atomic mass is 32.2. The third-order valence-corrected chi connectivity index (χ3v) is 9.47. The molecule has 0 spiro atoms. The van der Waals surface area contributed by atoms with E-state index in [0.29, 0.717) is 47.0 Å². The minimum Gasteiger partial charge on any atom is -0.393 e. The molecule has 4 rings (SSSR count). The van der Waals surface area contributed by atoms with Crippen molar-refractivity contribution in [1.82, 2.24) is 18.9 Å². The number of aryl methyl sites for hydroxylation is 1. The van der Waals surface area contributed by atoms with Gasteiger partial charge in [-0.25, -0.2) is 17.9 Å². The van der Waals surface area contributed by atoms with Crippen LogP contribution in [0, 0.1) is 6.92 Å². The van der Waals surface area contributed by atoms with Crippen molar-refractivity contribution in [2.75, 3.05) is 7.05 Å². The van der Waals surface area contributed by atoms with Crippen molar-refractivity contribution in [2.45, 2.75) is 75.3 Å². The van der Waals surface area contributed by atoms with Crippen molar-refractivity contribution in [1.29, 1.82) is 0 Å². The quantitative estimate of drug-likeness (QED) is 0.516. The number of alkyl halides is 3. The van der Waals surface area contributed by atoms with Crippen LogP contribution in [0.4, 0.5) is 13.2 Å². The van der Waals surface area contributed by atoms with Gasteiger partial charge < -0.3 is 10.2 Å². The van der Waals surface area contributed by atoms with Crippen molar-refractivity contribution >= 4 is 26.3 Å². The fraction of sp³-hybridized carbons (Fsp3) is 0.545. The Kier molecular flexibility index (Phi) is 6.54. The van der Waals surface area contributed by atoms with Crippen LogP contribution in [0.25, 0.3) is 16.2 Å². The summed E-state index contributed by atoms with van der Waals surface area (Å²) in [6.07, 6.45) is -3.93. The lowest BCUT2D eigenvalue weighted by molar-refractivity contribution is -0.139. The van der Waals surface area contributed by atoms with Crippen LogP contribution in [-0.4, -0.2) is 56.7 Å². The molecule has 1 aliphatic carbocycles. The molecule has 0 saturated heterocycles. The smallest absolute Gasteiger partial charge is 0.393 e. The lowest BCUT2D eigenvalue weighted by atomic mass is 9.93. The summed E-state index contributed by atoms with van der Waals surface area (Å²) < 4.78 is 71.1. The normalized spacial score (nSPS) is 20.2. The zero-order valence-corrected chi connectivity index (χ0v) is 21.3. The van der Waals surface area contributed by atoms with Gasteiger partial charge in [-0.1, -0.05) is 17.4 Å². The van der Waals surface area contributed by atoms with E-state index in [9.17, 15) is 31.8 Å². The molecule has 0 aliphatic heterocycles. The second-order valence-electron chi connectivity index (χ2n) is 9.40. The Labute approximate surface area is 205 Å². The number of nitrogens with zero attached hydrogens (tertiary/aromatic N) is 4. The standard InChI is InChI=1S/C22H27F3N4O4S2/c1-12-18(29-20(26-12)34-19(27-29)21(2,3)31)13-5-10-16(22(23,24)25)17(11-13)35(32,33)28(4)14-6-8-15(30)9-7-14/h5,10-11,14-15,30-31H,6-9H2,1-4H3. The number of hydrogen-bond acceptors (Lipinski definition) is 7. The molecule has 2 aromatic heterocycles. The van der Waals surface area contributed by atoms with Gasteiger partial charge >= 0.3 is 6.18 Å². The van der Waals surface area contributed by atoms with Crippen molar-refractivity contribution in [2.24, 2.45) is 0 Å². The first-order valence-corrected chi connectivity index (χ1v) is 13.3. The number of aliphatic hydroxyl groups excluding tert-OH is 1. The summed E-state index contributed by atoms with van der Waals surface area (Å²) in [6, 6.07) is 2.48. The van der Waals surface area contributed by atoms with Crippen LogP contribution in [0.3, 0.4) is 0 Å². The summed E-state index contributed by atoms with van der Waals surface area (Å²) in [5.74, 6) is 0. The van der Waals surface area contributed by atoms with Gasteiger partial charge in [-0.2, -0.15) is 22.6 Å². The van der Waals surface area contributed by atoms with E-state index >= 15 is 0 Å². The highest BCUT2D eigenvalue weighted by molar-refractivity contribution is 7.89. The second-order valence-corrected chi connectivity index (χ2v) is 12.3. The van der Waals surface area contributed by atoms with Crippen LogP contribution in [0.2, 0.25) is 0 Å². The van der Waals surface area contributed by atoms with Gasteiger partial charge in [0.2, 0.25) is 15.0 Å². The predicted octanol–water partition coefficient (Wildman–Crippen LogP) is 3.94. The first-order chi connectivity index (χ1) is 16.1. The number of halogens is 3. The van der Waals surface area contributed by atoms with E-state index in [1.165, 1.54) is 17.6 Å². The Bertz CT molecular complexity index is 1350. The van der Waals surface area contributed by atoms with Crippen LogP contribution in [0.15, 0.2) is 23.1 Å². The maximum Gasteiger partial charge on any atom is 0.417 e. The summed E-state index contributed by atoms with van der Waals surface area (Å²) in [7, 11) is -3.24. The molecule has 0 amide bonds. The molecule has 0 bridgehead atoms. The summed E-state index contributed by atoms with van der Waals surface area (Å²) in [5.41, 5.74) is -1.48. The van der Waals surface area contributed by atoms with Gasteiger partial charge in [-0.15, -0.1) is 0 Å². The van der Waals surface area contributed by atoms with Crippen molar-refractivity contribution in [3.8, 4) is 11.3 Å². The number of sulfonamides is 1. The molecule has 1 saturated carbocycles. The number of benzene rings is 1. The Balaban J connectivity index is 1.86. The van der Waals surface area contributed by atoms with Crippen LogP contribution < -0.4 is 0 Å². The van der Waals surface area contributed by atoms with Gasteiger partial charge in [-0.3, -0.25) is 0 Å². The Hall–Kier alpha value is -2.06. The Morgan fingerprint density at radius 2 is 1.80 bits per heavy atom. The number of imidazole rings is 1. The lowest BCUT2D eigenvalue weighted by Crippen LogP contribution is -2.40. The van der Waals surface area contributed by atoms with Crippen LogP contribution in [0.5, 0.6) is 0 Å². The Morgan fingerprint density at radius 1 is 1.17 bits per heavy atom. The monoisotopic (exact) mass is 532 g/mol. The highest BCUT2D eigenvalue weighted by Gasteiger charge is 2.41. The largest absolute Gasteiger partial charge is 0.417 e. The highest BCUT2D eigenvalue weighted by Crippen LogP contribution is 2.40. The molecule has 192 valence electrons. The molecule has 13 heteroatoms. The molecule has 1 aliphatic rings. The van der Waals surface area contributed by atoms with Gasteiger partial charge in [-0.05, 0) is 58.6 Å². The van der Waals surface area contributed by atoms with E-state index in [0.717, 1.165) is 27.8 Å². The molecular formula is C22H27F3N4O4S2. The van der Waals surface area contributed by atoms with Crippen molar-refractivity contribution in [3.05, 3.63) is 34.5 Å². The van der Waals surface area contributed by atoms with Gasteiger partial charge in [0.25, 0.3) is 0 Å². The maximum absolute atomic E-state index is 13.9. The molecular weight excluding hydrogens is 505 g/mol. The number of aliphatic hydroxyl groups is 2. The minimum atomic E-state index is -4.89. The van der Waals surface area contributed by atoms with Crippen molar-refractivity contribution < 1.29 is 31.8 Å². The molecule has 0 atom stereocenters. The van der Waals surface area contributed by atoms with E-state index in [-0.39, 0.29) is 5.56 Å². The maximum atomic E-state index is 13.9. The van der Waals surface area contributed by atoms with E-state index in [2.05, 4.69) is 10.1 Å². The molecule has 1 aromatic carbocycles. The molecule has 35 heavy (non-hydrogen) atoms. The zero-order valence-electron chi connectivity index (χ0n) is 19.7. The minimum absolute atomic E-state index is 0.210. The molecule has 0 radical (unpaired) electrons. The first kappa shape index (κ1) is 26.0. The van der Waals surface area contributed by atoms with Crippen LogP contribution in [0.1, 0.15) is 55.8 Å². The second kappa shape index (κ2) is 8.80. The van der Waals surface area contributed by atoms with Crippen molar-refractivity contribution in [3.63, 3.8) is 0 Å². The number of fused-ring (bicyclic) bond motifs is 1. The van der Waals surface area contributed by atoms with E-state index in [1.807, 2.05) is 0 Å². The number of rotatable bonds is 5. The zero-order chi connectivity index (χ0) is 25.9. The topological polar surface area (TPSA) is 108 Å². The molecule has 2 heterocycles. The predicted molar refractivity (Wildman–Crippen MR) is 124 cm³/mol. The van der Waals surface area contributed by atoms with Gasteiger partial charge in [0.05, 0.1) is 28.0 Å². The third-order valence-electron chi connectivity index (χ3n) is 6.30. The first-order valence-electron chi connectivity index (χ1n) is 11.1. The molecule has 1 fully saturated rings. The Morgan fingerprint density at radius 3 is 2.37 bits per heavy atom. The van der Waals surface area contributed by atoms with E-state index in [4.69, 9.17) is 0 Å². The summed E-state index contributed by atoms with van der Waals surface area (Å²) >= 11 is 1.14. The molecule has 0 unspecified atom stereocenters. The van der Waals surface area contributed by atoms with E-state index < -0.39 is 44.4 Å².